The van der Waals surface area contributed by atoms with Gasteiger partial charge in [0.15, 0.2) is 9.84 Å². The summed E-state index contributed by atoms with van der Waals surface area (Å²) in [6.45, 7) is 6.64. The molecule has 2 aliphatic rings. The van der Waals surface area contributed by atoms with Gasteiger partial charge in [0.1, 0.15) is 11.5 Å². The zero-order valence-corrected chi connectivity index (χ0v) is 21.4. The molecule has 1 unspecified atom stereocenters. The van der Waals surface area contributed by atoms with Crippen molar-refractivity contribution < 1.29 is 13.2 Å². The van der Waals surface area contributed by atoms with E-state index < -0.39 is 21.1 Å². The fraction of sp³-hybridized carbons (Fsp3) is 0.783. The van der Waals surface area contributed by atoms with Gasteiger partial charge < -0.3 is 15.5 Å². The summed E-state index contributed by atoms with van der Waals surface area (Å²) in [7, 11) is -3.16. The molecule has 3 rings (SSSR count). The number of carbonyl (C=O) groups excluding carboxylic acids is 1. The van der Waals surface area contributed by atoms with E-state index in [4.69, 9.17) is 5.73 Å². The summed E-state index contributed by atoms with van der Waals surface area (Å²) < 4.78 is 25.7. The van der Waals surface area contributed by atoms with Crippen molar-refractivity contribution in [1.82, 2.24) is 14.5 Å². The van der Waals surface area contributed by atoms with Crippen LogP contribution in [0.2, 0.25) is 0 Å². The fourth-order valence-corrected chi connectivity index (χ4v) is 6.94. The van der Waals surface area contributed by atoms with Crippen LogP contribution >= 0.6 is 0 Å². The Kier molecular flexibility index (Phi) is 8.48. The first-order valence-corrected chi connectivity index (χ1v) is 14.2. The fourth-order valence-electron chi connectivity index (χ4n) is 5.22. The zero-order valence-electron chi connectivity index (χ0n) is 20.6. The first-order valence-electron chi connectivity index (χ1n) is 12.4. The molecule has 0 radical (unpaired) electrons. The second-order valence-electron chi connectivity index (χ2n) is 10.1. The number of nitrogens with one attached hydrogen (secondary N) is 1. The Morgan fingerprint density at radius 3 is 2.41 bits per heavy atom. The second-order valence-corrected chi connectivity index (χ2v) is 12.3. The molecule has 1 aliphatic heterocycles. The van der Waals surface area contributed by atoms with Crippen molar-refractivity contribution in [3.8, 4) is 0 Å². The van der Waals surface area contributed by atoms with E-state index >= 15 is 0 Å². The molecular formula is C23H39N5O5S. The average Bonchev–Trinajstić information content (AvgIpc) is 3.37. The number of aromatic nitrogens is 2. The Morgan fingerprint density at radius 2 is 1.85 bits per heavy atom. The van der Waals surface area contributed by atoms with Crippen molar-refractivity contribution in [3.05, 3.63) is 20.8 Å². The number of carbonyl (C=O) groups is 1. The lowest BCUT2D eigenvalue weighted by molar-refractivity contribution is -0.134. The molecule has 2 heterocycles. The first kappa shape index (κ1) is 26.3. The van der Waals surface area contributed by atoms with Gasteiger partial charge >= 0.3 is 5.69 Å². The first-order chi connectivity index (χ1) is 16.0. The van der Waals surface area contributed by atoms with Crippen LogP contribution in [0.1, 0.15) is 65.7 Å². The highest BCUT2D eigenvalue weighted by Crippen LogP contribution is 2.30. The van der Waals surface area contributed by atoms with E-state index in [2.05, 4.69) is 4.98 Å². The molecular weight excluding hydrogens is 458 g/mol. The number of rotatable bonds is 10. The quantitative estimate of drug-likeness (QED) is 0.497. The summed E-state index contributed by atoms with van der Waals surface area (Å²) in [5.41, 5.74) is 5.29. The SMILES string of the molecule is CCCCn1c(N)c(N(CC(=O)N(C2CCCC2)C2CCS(=O)(=O)C2)CC(C)C)c(=O)[nH]c1=O. The maximum absolute atomic E-state index is 13.7. The number of H-pyrrole nitrogens is 1. The molecule has 1 saturated carbocycles. The minimum absolute atomic E-state index is 0.00988. The Bertz CT molecular complexity index is 1090. The number of nitrogens with two attached hydrogens (primary N) is 1. The third-order valence-electron chi connectivity index (χ3n) is 6.79. The molecule has 2 fully saturated rings. The molecule has 11 heteroatoms. The summed E-state index contributed by atoms with van der Waals surface area (Å²) in [5, 5.41) is 0. The molecule has 1 aliphatic carbocycles. The Balaban J connectivity index is 1.96. The molecule has 1 saturated heterocycles. The van der Waals surface area contributed by atoms with Crippen LogP contribution in [0.4, 0.5) is 11.5 Å². The molecule has 3 N–H and O–H groups in total. The summed E-state index contributed by atoms with van der Waals surface area (Å²) in [4.78, 5) is 44.8. The standard InChI is InChI=1S/C23H39N5O5S/c1-4-5-11-27-21(24)20(22(30)25-23(27)31)26(13-16(2)3)14-19(29)28(17-8-6-7-9-17)18-10-12-34(32,33)15-18/h16-18H,4-15,24H2,1-3H3,(H,25,30,31). The van der Waals surface area contributed by atoms with Gasteiger partial charge in [-0.3, -0.25) is 19.1 Å². The number of sulfone groups is 1. The molecule has 1 atom stereocenters. The zero-order chi connectivity index (χ0) is 25.0. The van der Waals surface area contributed by atoms with Gasteiger partial charge in [0.05, 0.1) is 18.1 Å². The summed E-state index contributed by atoms with van der Waals surface area (Å²) in [5.74, 6) is 0.0730. The highest BCUT2D eigenvalue weighted by Gasteiger charge is 2.39. The number of hydrogen-bond donors (Lipinski definition) is 2. The van der Waals surface area contributed by atoms with Crippen molar-refractivity contribution in [2.24, 2.45) is 5.92 Å². The maximum Gasteiger partial charge on any atom is 0.330 e. The second kappa shape index (κ2) is 11.0. The van der Waals surface area contributed by atoms with E-state index in [0.29, 0.717) is 19.5 Å². The van der Waals surface area contributed by atoms with Gasteiger partial charge in [0.25, 0.3) is 5.56 Å². The minimum atomic E-state index is -3.16. The number of unbranched alkanes of at least 4 members (excludes halogenated alkanes) is 1. The summed E-state index contributed by atoms with van der Waals surface area (Å²) in [6, 6.07) is -0.323. The molecule has 0 spiro atoms. The van der Waals surface area contributed by atoms with Crippen LogP contribution in [0, 0.1) is 5.92 Å². The van der Waals surface area contributed by atoms with Gasteiger partial charge in [-0.15, -0.1) is 0 Å². The van der Waals surface area contributed by atoms with E-state index in [0.717, 1.165) is 38.5 Å². The van der Waals surface area contributed by atoms with Gasteiger partial charge in [-0.05, 0) is 31.6 Å². The average molecular weight is 498 g/mol. The number of nitrogens with zero attached hydrogens (tertiary/aromatic N) is 3. The van der Waals surface area contributed by atoms with E-state index in [9.17, 15) is 22.8 Å². The van der Waals surface area contributed by atoms with Gasteiger partial charge in [-0.25, -0.2) is 13.2 Å². The Labute approximate surface area is 201 Å². The van der Waals surface area contributed by atoms with Gasteiger partial charge in [-0.1, -0.05) is 40.0 Å². The predicted octanol–water partition coefficient (Wildman–Crippen LogP) is 1.34. The van der Waals surface area contributed by atoms with Crippen molar-refractivity contribution in [2.75, 3.05) is 35.2 Å². The molecule has 0 bridgehead atoms. The predicted molar refractivity (Wildman–Crippen MR) is 134 cm³/mol. The molecule has 1 aromatic rings. The maximum atomic E-state index is 13.7. The van der Waals surface area contributed by atoms with Crippen LogP contribution in [-0.2, 0) is 21.2 Å². The highest BCUT2D eigenvalue weighted by molar-refractivity contribution is 7.91. The smallest absolute Gasteiger partial charge is 0.330 e. The molecule has 1 amide bonds. The lowest BCUT2D eigenvalue weighted by Gasteiger charge is -2.36. The lowest BCUT2D eigenvalue weighted by Crippen LogP contribution is -2.52. The number of nitrogen functional groups attached to an aromatic ring is 1. The minimum Gasteiger partial charge on any atom is -0.383 e. The van der Waals surface area contributed by atoms with Gasteiger partial charge in [-0.2, -0.15) is 0 Å². The third-order valence-corrected chi connectivity index (χ3v) is 8.54. The van der Waals surface area contributed by atoms with Crippen molar-refractivity contribution in [1.29, 1.82) is 0 Å². The van der Waals surface area contributed by atoms with Crippen molar-refractivity contribution in [2.45, 2.75) is 84.3 Å². The number of anilines is 2. The van der Waals surface area contributed by atoms with E-state index in [1.54, 1.807) is 9.80 Å². The van der Waals surface area contributed by atoms with Gasteiger partial charge in [0, 0.05) is 25.2 Å². The largest absolute Gasteiger partial charge is 0.383 e. The normalized spacial score (nSPS) is 20.2. The third kappa shape index (κ3) is 6.03. The molecule has 192 valence electrons. The van der Waals surface area contributed by atoms with Gasteiger partial charge in [0.2, 0.25) is 5.91 Å². The Hall–Kier alpha value is -2.30. The molecule has 1 aromatic heterocycles. The Morgan fingerprint density at radius 1 is 1.18 bits per heavy atom. The van der Waals surface area contributed by atoms with Crippen molar-refractivity contribution in [3.63, 3.8) is 0 Å². The van der Waals surface area contributed by atoms with Crippen LogP contribution < -0.4 is 21.9 Å². The van der Waals surface area contributed by atoms with E-state index in [-0.39, 0.29) is 53.5 Å². The van der Waals surface area contributed by atoms with Crippen LogP contribution in [-0.4, -0.2) is 65.5 Å². The van der Waals surface area contributed by atoms with Crippen LogP contribution in [0.15, 0.2) is 9.59 Å². The summed E-state index contributed by atoms with van der Waals surface area (Å²) >= 11 is 0. The number of amides is 1. The van der Waals surface area contributed by atoms with Crippen LogP contribution in [0.5, 0.6) is 0 Å². The van der Waals surface area contributed by atoms with Crippen molar-refractivity contribution >= 4 is 27.2 Å². The highest BCUT2D eigenvalue weighted by atomic mass is 32.2. The van der Waals surface area contributed by atoms with E-state index in [1.807, 2.05) is 20.8 Å². The topological polar surface area (TPSA) is 139 Å². The molecule has 34 heavy (non-hydrogen) atoms. The summed E-state index contributed by atoms with van der Waals surface area (Å²) in [6.07, 6.45) is 5.77. The number of hydrogen-bond acceptors (Lipinski definition) is 7. The molecule has 0 aromatic carbocycles. The monoisotopic (exact) mass is 497 g/mol. The lowest BCUT2D eigenvalue weighted by atomic mass is 10.1. The van der Waals surface area contributed by atoms with Crippen LogP contribution in [0.25, 0.3) is 0 Å². The molecule has 10 nitrogen and oxygen atoms in total. The van der Waals surface area contributed by atoms with Crippen LogP contribution in [0.3, 0.4) is 0 Å². The van der Waals surface area contributed by atoms with E-state index in [1.165, 1.54) is 4.57 Å². The number of aromatic amines is 1.